The van der Waals surface area contributed by atoms with Crippen LogP contribution in [0.15, 0.2) is 42.7 Å². The van der Waals surface area contributed by atoms with Crippen molar-refractivity contribution in [3.05, 3.63) is 65.5 Å². The Bertz CT molecular complexity index is 1210. The maximum absolute atomic E-state index is 14.5. The molecule has 8 nitrogen and oxygen atoms in total. The number of methoxy groups -OCH3 is 1. The molecule has 3 aromatic rings. The number of ether oxygens (including phenoxy) is 4. The molecular formula is C26H28F2N4O4. The Balaban J connectivity index is 1.20. The van der Waals surface area contributed by atoms with Crippen molar-refractivity contribution in [1.82, 2.24) is 9.97 Å². The second-order valence-electron chi connectivity index (χ2n) is 8.80. The summed E-state index contributed by atoms with van der Waals surface area (Å²) in [6, 6.07) is 9.32. The van der Waals surface area contributed by atoms with E-state index in [4.69, 9.17) is 18.9 Å². The fraction of sp³-hybridized carbons (Fsp3) is 0.385. The molecule has 2 aliphatic heterocycles. The molecule has 2 fully saturated rings. The molecule has 1 spiro atoms. The third-order valence-corrected chi connectivity index (χ3v) is 6.48. The van der Waals surface area contributed by atoms with Gasteiger partial charge in [0, 0.05) is 37.3 Å². The van der Waals surface area contributed by atoms with Gasteiger partial charge in [0.1, 0.15) is 12.4 Å². The van der Waals surface area contributed by atoms with Crippen LogP contribution in [0.4, 0.5) is 26.1 Å². The second-order valence-corrected chi connectivity index (χ2v) is 8.80. The van der Waals surface area contributed by atoms with Crippen molar-refractivity contribution in [3.8, 4) is 11.5 Å². The summed E-state index contributed by atoms with van der Waals surface area (Å²) in [5.41, 5.74) is 1.99. The molecule has 0 saturated carbocycles. The first-order chi connectivity index (χ1) is 17.5. The number of hydrogen-bond donors (Lipinski definition) is 1. The summed E-state index contributed by atoms with van der Waals surface area (Å²) in [5, 5.41) is 3.18. The van der Waals surface area contributed by atoms with E-state index in [1.807, 2.05) is 18.2 Å². The molecule has 0 amide bonds. The van der Waals surface area contributed by atoms with Crippen LogP contribution < -0.4 is 19.7 Å². The van der Waals surface area contributed by atoms with Crippen LogP contribution in [0.3, 0.4) is 0 Å². The molecule has 190 valence electrons. The highest BCUT2D eigenvalue weighted by atomic mass is 19.1. The van der Waals surface area contributed by atoms with Crippen molar-refractivity contribution in [2.75, 3.05) is 43.6 Å². The summed E-state index contributed by atoms with van der Waals surface area (Å²) in [7, 11) is 1.33. The quantitative estimate of drug-likeness (QED) is 0.501. The minimum atomic E-state index is -0.785. The van der Waals surface area contributed by atoms with Crippen molar-refractivity contribution in [2.24, 2.45) is 0 Å². The second kappa shape index (κ2) is 10.2. The molecule has 2 saturated heterocycles. The fourth-order valence-corrected chi connectivity index (χ4v) is 4.49. The number of piperidine rings is 1. The monoisotopic (exact) mass is 498 g/mol. The normalized spacial score (nSPS) is 16.8. The Morgan fingerprint density at radius 2 is 1.78 bits per heavy atom. The van der Waals surface area contributed by atoms with Crippen LogP contribution in [-0.4, -0.2) is 49.2 Å². The number of aryl methyl sites for hydroxylation is 1. The van der Waals surface area contributed by atoms with E-state index in [-0.39, 0.29) is 29.2 Å². The third-order valence-electron chi connectivity index (χ3n) is 6.48. The molecule has 5 rings (SSSR count). The third kappa shape index (κ3) is 5.05. The summed E-state index contributed by atoms with van der Waals surface area (Å²) in [4.78, 5) is 10.8. The van der Waals surface area contributed by atoms with Crippen molar-refractivity contribution in [2.45, 2.75) is 32.2 Å². The smallest absolute Gasteiger partial charge is 0.227 e. The van der Waals surface area contributed by atoms with Gasteiger partial charge in [-0.15, -0.1) is 0 Å². The predicted molar refractivity (Wildman–Crippen MR) is 130 cm³/mol. The lowest BCUT2D eigenvalue weighted by atomic mass is 10.0. The number of hydrogen-bond acceptors (Lipinski definition) is 8. The van der Waals surface area contributed by atoms with Gasteiger partial charge in [-0.1, -0.05) is 6.07 Å². The van der Waals surface area contributed by atoms with Crippen LogP contribution in [0.2, 0.25) is 0 Å². The standard InChI is InChI=1S/C26H28F2N4O4/c1-17-12-22(33-2)24(28)21(23(17)27)16-34-20-14-29-25(30-15-20)31-18-4-3-5-19(13-18)32-8-6-26(7-9-32)35-10-11-36-26/h3-5,12-15H,6-11,16H2,1-2H3,(H,29,30,31). The van der Waals surface area contributed by atoms with Gasteiger partial charge in [-0.2, -0.15) is 0 Å². The van der Waals surface area contributed by atoms with E-state index in [0.29, 0.717) is 19.2 Å². The number of benzene rings is 2. The molecular weight excluding hydrogens is 470 g/mol. The zero-order chi connectivity index (χ0) is 25.1. The van der Waals surface area contributed by atoms with Crippen LogP contribution in [0.5, 0.6) is 11.5 Å². The lowest BCUT2D eigenvalue weighted by Crippen LogP contribution is -2.45. The molecule has 10 heteroatoms. The fourth-order valence-electron chi connectivity index (χ4n) is 4.49. The highest BCUT2D eigenvalue weighted by Gasteiger charge is 2.39. The molecule has 0 atom stereocenters. The van der Waals surface area contributed by atoms with Crippen molar-refractivity contribution < 1.29 is 27.7 Å². The maximum atomic E-state index is 14.5. The number of halogens is 2. The first-order valence-electron chi connectivity index (χ1n) is 11.8. The van der Waals surface area contributed by atoms with E-state index in [9.17, 15) is 8.78 Å². The van der Waals surface area contributed by atoms with Gasteiger partial charge in [0.05, 0.1) is 38.3 Å². The summed E-state index contributed by atoms with van der Waals surface area (Å²) in [6.45, 7) is 4.25. The molecule has 2 aromatic carbocycles. The Hall–Kier alpha value is -3.50. The topological polar surface area (TPSA) is 78.0 Å². The van der Waals surface area contributed by atoms with E-state index in [2.05, 4.69) is 26.3 Å². The van der Waals surface area contributed by atoms with E-state index >= 15 is 0 Å². The molecule has 1 N–H and O–H groups in total. The molecule has 2 aliphatic rings. The molecule has 0 unspecified atom stereocenters. The largest absolute Gasteiger partial charge is 0.494 e. The van der Waals surface area contributed by atoms with Crippen molar-refractivity contribution >= 4 is 17.3 Å². The van der Waals surface area contributed by atoms with Gasteiger partial charge < -0.3 is 29.2 Å². The number of nitrogens with one attached hydrogen (secondary N) is 1. The van der Waals surface area contributed by atoms with Crippen LogP contribution >= 0.6 is 0 Å². The minimum Gasteiger partial charge on any atom is -0.494 e. The molecule has 3 heterocycles. The number of rotatable bonds is 7. The minimum absolute atomic E-state index is 0.0326. The summed E-state index contributed by atoms with van der Waals surface area (Å²) < 4.78 is 51.0. The molecule has 36 heavy (non-hydrogen) atoms. The number of anilines is 3. The highest BCUT2D eigenvalue weighted by Crippen LogP contribution is 2.34. The highest BCUT2D eigenvalue weighted by molar-refractivity contribution is 5.62. The first kappa shape index (κ1) is 24.2. The number of nitrogens with zero attached hydrogens (tertiary/aromatic N) is 3. The lowest BCUT2D eigenvalue weighted by molar-refractivity contribution is -0.169. The first-order valence-corrected chi connectivity index (χ1v) is 11.8. The van der Waals surface area contributed by atoms with E-state index < -0.39 is 17.4 Å². The van der Waals surface area contributed by atoms with Crippen molar-refractivity contribution in [3.63, 3.8) is 0 Å². The average molecular weight is 499 g/mol. The molecule has 0 aliphatic carbocycles. The summed E-state index contributed by atoms with van der Waals surface area (Å²) >= 11 is 0. The molecule has 0 bridgehead atoms. The zero-order valence-corrected chi connectivity index (χ0v) is 20.2. The molecule has 1 aromatic heterocycles. The Kier molecular flexibility index (Phi) is 6.88. The molecule has 0 radical (unpaired) electrons. The van der Waals surface area contributed by atoms with Gasteiger partial charge in [0.25, 0.3) is 0 Å². The Labute approximate surface area is 208 Å². The van der Waals surface area contributed by atoms with Gasteiger partial charge in [-0.05, 0) is 36.8 Å². The SMILES string of the molecule is COc1cc(C)c(F)c(COc2cnc(Nc3cccc(N4CCC5(CC4)OCCO5)c3)nc2)c1F. The van der Waals surface area contributed by atoms with Crippen LogP contribution in [0.1, 0.15) is 24.0 Å². The van der Waals surface area contributed by atoms with Gasteiger partial charge in [-0.25, -0.2) is 18.7 Å². The van der Waals surface area contributed by atoms with Crippen molar-refractivity contribution in [1.29, 1.82) is 0 Å². The van der Waals surface area contributed by atoms with E-state index in [0.717, 1.165) is 37.3 Å². The van der Waals surface area contributed by atoms with Gasteiger partial charge in [-0.3, -0.25) is 0 Å². The zero-order valence-electron chi connectivity index (χ0n) is 20.2. The van der Waals surface area contributed by atoms with Crippen LogP contribution in [-0.2, 0) is 16.1 Å². The lowest BCUT2D eigenvalue weighted by Gasteiger charge is -2.38. The van der Waals surface area contributed by atoms with Crippen LogP contribution in [0.25, 0.3) is 0 Å². The van der Waals surface area contributed by atoms with Crippen LogP contribution in [0, 0.1) is 18.6 Å². The van der Waals surface area contributed by atoms with Gasteiger partial charge in [0.15, 0.2) is 23.1 Å². The Morgan fingerprint density at radius 1 is 1.06 bits per heavy atom. The van der Waals surface area contributed by atoms with E-state index in [1.165, 1.54) is 25.6 Å². The Morgan fingerprint density at radius 3 is 2.47 bits per heavy atom. The van der Waals surface area contributed by atoms with Gasteiger partial charge >= 0.3 is 0 Å². The summed E-state index contributed by atoms with van der Waals surface area (Å²) in [5.74, 6) is -1.24. The number of aromatic nitrogens is 2. The average Bonchev–Trinajstić information content (AvgIpc) is 3.35. The predicted octanol–water partition coefficient (Wildman–Crippen LogP) is 4.74. The summed E-state index contributed by atoms with van der Waals surface area (Å²) in [6.07, 6.45) is 4.57. The van der Waals surface area contributed by atoms with E-state index in [1.54, 1.807) is 6.92 Å². The maximum Gasteiger partial charge on any atom is 0.227 e. The van der Waals surface area contributed by atoms with Gasteiger partial charge in [0.2, 0.25) is 5.95 Å².